The van der Waals surface area contributed by atoms with Gasteiger partial charge in [0.1, 0.15) is 5.01 Å². The van der Waals surface area contributed by atoms with E-state index in [0.717, 1.165) is 10.2 Å². The summed E-state index contributed by atoms with van der Waals surface area (Å²) in [5.41, 5.74) is 2.78. The first-order chi connectivity index (χ1) is 13.3. The maximum absolute atomic E-state index is 12.0. The topological polar surface area (TPSA) is 68.3 Å². The van der Waals surface area contributed by atoms with Gasteiger partial charge in [-0.15, -0.1) is 11.3 Å². The maximum atomic E-state index is 12.0. The Morgan fingerprint density at radius 2 is 1.82 bits per heavy atom. The molecule has 1 N–H and O–H groups in total. The fourth-order valence-corrected chi connectivity index (χ4v) is 3.41. The van der Waals surface area contributed by atoms with Crippen molar-refractivity contribution in [2.24, 2.45) is 0 Å². The van der Waals surface area contributed by atoms with Gasteiger partial charge < -0.3 is 10.1 Å². The normalized spacial score (nSPS) is 11.7. The molecule has 28 heavy (non-hydrogen) atoms. The first-order valence-electron chi connectivity index (χ1n) is 8.92. The highest BCUT2D eigenvalue weighted by atomic mass is 32.1. The molecular weight excluding hydrogens is 372 g/mol. The van der Waals surface area contributed by atoms with Gasteiger partial charge in [-0.05, 0) is 41.3 Å². The van der Waals surface area contributed by atoms with Crippen molar-refractivity contribution in [2.75, 3.05) is 11.9 Å². The van der Waals surface area contributed by atoms with Crippen molar-refractivity contribution in [3.63, 3.8) is 0 Å². The zero-order valence-corrected chi connectivity index (χ0v) is 16.9. The second kappa shape index (κ2) is 8.35. The molecule has 2 aromatic carbocycles. The van der Waals surface area contributed by atoms with Gasteiger partial charge in [0.2, 0.25) is 0 Å². The first-order valence-corrected chi connectivity index (χ1v) is 9.74. The van der Waals surface area contributed by atoms with Crippen molar-refractivity contribution in [1.29, 1.82) is 0 Å². The summed E-state index contributed by atoms with van der Waals surface area (Å²) in [6.45, 7) is 6.04. The van der Waals surface area contributed by atoms with Crippen LogP contribution in [0.3, 0.4) is 0 Å². The summed E-state index contributed by atoms with van der Waals surface area (Å²) in [6.07, 6.45) is 2.87. The number of carbonyl (C=O) groups excluding carboxylic acids is 2. The highest BCUT2D eigenvalue weighted by molar-refractivity contribution is 7.19. The van der Waals surface area contributed by atoms with Gasteiger partial charge in [0.25, 0.3) is 5.91 Å². The molecule has 3 aromatic rings. The highest BCUT2D eigenvalue weighted by Crippen LogP contribution is 2.24. The van der Waals surface area contributed by atoms with Crippen LogP contribution in [-0.4, -0.2) is 23.5 Å². The predicted octanol–water partition coefficient (Wildman–Crippen LogP) is 4.79. The van der Waals surface area contributed by atoms with E-state index in [4.69, 9.17) is 4.74 Å². The van der Waals surface area contributed by atoms with Gasteiger partial charge in [-0.2, -0.15) is 0 Å². The lowest BCUT2D eigenvalue weighted by atomic mass is 9.87. The Hall–Kier alpha value is -2.99. The number of para-hydroxylation sites is 1. The van der Waals surface area contributed by atoms with E-state index in [0.29, 0.717) is 10.7 Å². The molecule has 0 aliphatic carbocycles. The SMILES string of the molecule is CC(C)(C)c1ccc(NC(=O)COC(=O)/C=C/c2nc3ccccc3s2)cc1. The number of aromatic nitrogens is 1. The Morgan fingerprint density at radius 1 is 1.11 bits per heavy atom. The summed E-state index contributed by atoms with van der Waals surface area (Å²) in [5.74, 6) is -0.970. The number of anilines is 1. The number of nitrogens with zero attached hydrogens (tertiary/aromatic N) is 1. The average molecular weight is 394 g/mol. The molecule has 3 rings (SSSR count). The van der Waals surface area contributed by atoms with E-state index in [9.17, 15) is 9.59 Å². The number of rotatable bonds is 5. The van der Waals surface area contributed by atoms with E-state index in [2.05, 4.69) is 31.1 Å². The van der Waals surface area contributed by atoms with Gasteiger partial charge >= 0.3 is 5.97 Å². The molecular formula is C22H22N2O3S. The van der Waals surface area contributed by atoms with E-state index < -0.39 is 5.97 Å². The minimum atomic E-state index is -0.586. The monoisotopic (exact) mass is 394 g/mol. The quantitative estimate of drug-likeness (QED) is 0.499. The molecule has 0 saturated heterocycles. The minimum Gasteiger partial charge on any atom is -0.452 e. The van der Waals surface area contributed by atoms with Gasteiger partial charge in [-0.1, -0.05) is 45.0 Å². The number of hydrogen-bond acceptors (Lipinski definition) is 5. The van der Waals surface area contributed by atoms with Gasteiger partial charge in [-0.25, -0.2) is 9.78 Å². The Morgan fingerprint density at radius 3 is 2.50 bits per heavy atom. The summed E-state index contributed by atoms with van der Waals surface area (Å²) in [6, 6.07) is 15.4. The molecule has 0 atom stereocenters. The van der Waals surface area contributed by atoms with Crippen LogP contribution in [0.1, 0.15) is 31.3 Å². The number of esters is 1. The van der Waals surface area contributed by atoms with Gasteiger partial charge in [-0.3, -0.25) is 4.79 Å². The van der Waals surface area contributed by atoms with E-state index in [-0.39, 0.29) is 17.9 Å². The number of benzene rings is 2. The van der Waals surface area contributed by atoms with Crippen molar-refractivity contribution in [3.8, 4) is 0 Å². The standard InChI is InChI=1S/C22H22N2O3S/c1-22(2,3)15-8-10-16(11-9-15)23-19(25)14-27-21(26)13-12-20-24-17-6-4-5-7-18(17)28-20/h4-13H,14H2,1-3H3,(H,23,25)/b13-12+. The van der Waals surface area contributed by atoms with Crippen molar-refractivity contribution < 1.29 is 14.3 Å². The van der Waals surface area contributed by atoms with Crippen LogP contribution in [0.15, 0.2) is 54.6 Å². The summed E-state index contributed by atoms with van der Waals surface area (Å²) in [7, 11) is 0. The van der Waals surface area contributed by atoms with E-state index >= 15 is 0 Å². The molecule has 0 aliphatic heterocycles. The van der Waals surface area contributed by atoms with Crippen LogP contribution in [0.2, 0.25) is 0 Å². The number of carbonyl (C=O) groups is 2. The van der Waals surface area contributed by atoms with Crippen LogP contribution >= 0.6 is 11.3 Å². The molecule has 0 fully saturated rings. The number of ether oxygens (including phenoxy) is 1. The number of nitrogens with one attached hydrogen (secondary N) is 1. The molecule has 144 valence electrons. The number of thiazole rings is 1. The Labute approximate surface area is 168 Å². The fourth-order valence-electron chi connectivity index (χ4n) is 2.54. The Bertz CT molecular complexity index is 981. The lowest BCUT2D eigenvalue weighted by Crippen LogP contribution is -2.20. The fraction of sp³-hybridized carbons (Fsp3) is 0.227. The third-order valence-corrected chi connectivity index (χ3v) is 5.05. The summed E-state index contributed by atoms with van der Waals surface area (Å²) in [4.78, 5) is 28.2. The average Bonchev–Trinajstić information content (AvgIpc) is 3.07. The van der Waals surface area contributed by atoms with Crippen molar-refractivity contribution >= 4 is 45.2 Å². The molecule has 0 radical (unpaired) electrons. The largest absolute Gasteiger partial charge is 0.452 e. The lowest BCUT2D eigenvalue weighted by Gasteiger charge is -2.19. The molecule has 1 heterocycles. The molecule has 1 amide bonds. The van der Waals surface area contributed by atoms with Crippen LogP contribution in [-0.2, 0) is 19.7 Å². The zero-order chi connectivity index (χ0) is 20.1. The van der Waals surface area contributed by atoms with Gasteiger partial charge in [0.15, 0.2) is 6.61 Å². The van der Waals surface area contributed by atoms with Gasteiger partial charge in [0, 0.05) is 11.8 Å². The van der Waals surface area contributed by atoms with Crippen molar-refractivity contribution in [2.45, 2.75) is 26.2 Å². The van der Waals surface area contributed by atoms with Crippen molar-refractivity contribution in [1.82, 2.24) is 4.98 Å². The van der Waals surface area contributed by atoms with Crippen LogP contribution in [0, 0.1) is 0 Å². The highest BCUT2D eigenvalue weighted by Gasteiger charge is 2.13. The predicted molar refractivity (Wildman–Crippen MR) is 113 cm³/mol. The molecule has 0 unspecified atom stereocenters. The van der Waals surface area contributed by atoms with E-state index in [1.54, 1.807) is 6.08 Å². The number of amides is 1. The van der Waals surface area contributed by atoms with E-state index in [1.807, 2.05) is 48.5 Å². The summed E-state index contributed by atoms with van der Waals surface area (Å²) >= 11 is 1.48. The second-order valence-electron chi connectivity index (χ2n) is 7.34. The van der Waals surface area contributed by atoms with Crippen LogP contribution in [0.5, 0.6) is 0 Å². The van der Waals surface area contributed by atoms with Crippen LogP contribution in [0.4, 0.5) is 5.69 Å². The smallest absolute Gasteiger partial charge is 0.331 e. The molecule has 5 nitrogen and oxygen atoms in total. The Balaban J connectivity index is 1.49. The minimum absolute atomic E-state index is 0.0493. The molecule has 0 spiro atoms. The molecule has 0 aliphatic rings. The van der Waals surface area contributed by atoms with E-state index in [1.165, 1.54) is 23.0 Å². The van der Waals surface area contributed by atoms with Crippen LogP contribution < -0.4 is 5.32 Å². The van der Waals surface area contributed by atoms with Gasteiger partial charge in [0.05, 0.1) is 10.2 Å². The molecule has 0 saturated carbocycles. The maximum Gasteiger partial charge on any atom is 0.331 e. The van der Waals surface area contributed by atoms with Crippen LogP contribution in [0.25, 0.3) is 16.3 Å². The lowest BCUT2D eigenvalue weighted by molar-refractivity contribution is -0.142. The third kappa shape index (κ3) is 5.27. The second-order valence-corrected chi connectivity index (χ2v) is 8.40. The number of fused-ring (bicyclic) bond motifs is 1. The molecule has 1 aromatic heterocycles. The van der Waals surface area contributed by atoms with Crippen molar-refractivity contribution in [3.05, 3.63) is 65.2 Å². The first kappa shape index (κ1) is 19.8. The zero-order valence-electron chi connectivity index (χ0n) is 16.1. The third-order valence-electron chi connectivity index (χ3n) is 4.05. The Kier molecular flexibility index (Phi) is 5.90. The molecule has 6 heteroatoms. The summed E-state index contributed by atoms with van der Waals surface area (Å²) in [5, 5.41) is 3.43. The summed E-state index contributed by atoms with van der Waals surface area (Å²) < 4.78 is 6.04. The number of hydrogen-bond donors (Lipinski definition) is 1. The molecule has 0 bridgehead atoms.